The molecule has 0 saturated carbocycles. The molecule has 0 radical (unpaired) electrons. The molecule has 1 rings (SSSR count). The van der Waals surface area contributed by atoms with Crippen molar-refractivity contribution in [2.45, 2.75) is 25.8 Å². The van der Waals surface area contributed by atoms with Crippen LogP contribution < -0.4 is 11.1 Å². The van der Waals surface area contributed by atoms with Crippen LogP contribution in [0.3, 0.4) is 0 Å². The summed E-state index contributed by atoms with van der Waals surface area (Å²) in [6.07, 6.45) is 1.71. The van der Waals surface area contributed by atoms with E-state index in [0.29, 0.717) is 10.6 Å². The Morgan fingerprint density at radius 2 is 2.44 bits per heavy atom. The number of amides is 1. The van der Waals surface area contributed by atoms with Gasteiger partial charge in [0.1, 0.15) is 0 Å². The lowest BCUT2D eigenvalue weighted by Crippen LogP contribution is -2.43. The van der Waals surface area contributed by atoms with Crippen LogP contribution in [-0.2, 0) is 0 Å². The summed E-state index contributed by atoms with van der Waals surface area (Å²) in [5.41, 5.74) is 6.25. The topological polar surface area (TPSA) is 55.1 Å². The van der Waals surface area contributed by atoms with E-state index >= 15 is 0 Å². The van der Waals surface area contributed by atoms with Crippen LogP contribution in [0.15, 0.2) is 11.4 Å². The van der Waals surface area contributed by atoms with E-state index in [2.05, 4.69) is 27.9 Å². The van der Waals surface area contributed by atoms with Crippen LogP contribution in [-0.4, -0.2) is 16.9 Å². The predicted octanol–water partition coefficient (Wildman–Crippen LogP) is 2.54. The molecule has 0 fully saturated rings. The molecule has 88 valence electrons. The monoisotopic (exact) mass is 368 g/mol. The Morgan fingerprint density at radius 3 is 2.88 bits per heavy atom. The van der Waals surface area contributed by atoms with Crippen molar-refractivity contribution < 1.29 is 4.79 Å². The second-order valence-corrected chi connectivity index (χ2v) is 6.63. The minimum Gasteiger partial charge on any atom is -0.392 e. The Kier molecular flexibility index (Phi) is 5.63. The molecule has 1 amide bonds. The fraction of sp³-hybridized carbons (Fsp3) is 0.400. The molecule has 16 heavy (non-hydrogen) atoms. The van der Waals surface area contributed by atoms with E-state index in [0.717, 1.165) is 15.7 Å². The number of thiophene rings is 1. The SMILES string of the molecule is CCCC(NC(=O)c1csc(I)c1)C(N)=S. The highest BCUT2D eigenvalue weighted by atomic mass is 127. The first-order valence-corrected chi connectivity index (χ1v) is 7.25. The summed E-state index contributed by atoms with van der Waals surface area (Å²) in [4.78, 5) is 12.2. The van der Waals surface area contributed by atoms with Gasteiger partial charge in [0.15, 0.2) is 0 Å². The van der Waals surface area contributed by atoms with Crippen LogP contribution in [0.1, 0.15) is 30.1 Å². The van der Waals surface area contributed by atoms with Crippen LogP contribution in [0, 0.1) is 2.88 Å². The average Bonchev–Trinajstić information content (AvgIpc) is 2.64. The summed E-state index contributed by atoms with van der Waals surface area (Å²) in [6, 6.07) is 1.65. The van der Waals surface area contributed by atoms with E-state index < -0.39 is 0 Å². The van der Waals surface area contributed by atoms with Crippen molar-refractivity contribution in [1.82, 2.24) is 5.32 Å². The van der Waals surface area contributed by atoms with Crippen LogP contribution >= 0.6 is 46.1 Å². The normalized spacial score (nSPS) is 12.1. The minimum atomic E-state index is -0.204. The van der Waals surface area contributed by atoms with Crippen molar-refractivity contribution in [2.24, 2.45) is 5.73 Å². The number of halogens is 1. The minimum absolute atomic E-state index is 0.106. The van der Waals surface area contributed by atoms with Gasteiger partial charge < -0.3 is 11.1 Å². The van der Waals surface area contributed by atoms with Gasteiger partial charge in [-0.3, -0.25) is 4.79 Å². The highest BCUT2D eigenvalue weighted by Gasteiger charge is 2.15. The largest absolute Gasteiger partial charge is 0.392 e. The van der Waals surface area contributed by atoms with Gasteiger partial charge in [-0.15, -0.1) is 11.3 Å². The summed E-state index contributed by atoms with van der Waals surface area (Å²) in [6.45, 7) is 2.03. The van der Waals surface area contributed by atoms with Gasteiger partial charge >= 0.3 is 0 Å². The van der Waals surface area contributed by atoms with Gasteiger partial charge in [-0.1, -0.05) is 25.6 Å². The highest BCUT2D eigenvalue weighted by Crippen LogP contribution is 2.16. The zero-order chi connectivity index (χ0) is 12.1. The molecule has 0 spiro atoms. The lowest BCUT2D eigenvalue weighted by Gasteiger charge is -2.15. The number of thiocarbonyl (C=S) groups is 1. The molecule has 6 heteroatoms. The third-order valence-electron chi connectivity index (χ3n) is 2.06. The summed E-state index contributed by atoms with van der Waals surface area (Å²) in [5, 5.41) is 4.68. The molecule has 1 aromatic heterocycles. The molecular formula is C10H13IN2OS2. The van der Waals surface area contributed by atoms with Crippen LogP contribution in [0.4, 0.5) is 0 Å². The Bertz CT molecular complexity index is 392. The van der Waals surface area contributed by atoms with Crippen LogP contribution in [0.2, 0.25) is 0 Å². The fourth-order valence-corrected chi connectivity index (χ4v) is 2.75. The van der Waals surface area contributed by atoms with E-state index in [9.17, 15) is 4.79 Å². The Morgan fingerprint density at radius 1 is 1.75 bits per heavy atom. The number of carbonyl (C=O) groups excluding carboxylic acids is 1. The number of rotatable bonds is 5. The second kappa shape index (κ2) is 6.51. The zero-order valence-corrected chi connectivity index (χ0v) is 12.6. The van der Waals surface area contributed by atoms with Crippen molar-refractivity contribution in [3.63, 3.8) is 0 Å². The summed E-state index contributed by atoms with van der Waals surface area (Å²) >= 11 is 8.65. The zero-order valence-electron chi connectivity index (χ0n) is 8.83. The van der Waals surface area contributed by atoms with Gasteiger partial charge in [-0.05, 0) is 35.1 Å². The van der Waals surface area contributed by atoms with Gasteiger partial charge in [0, 0.05) is 5.38 Å². The Balaban J connectivity index is 2.65. The van der Waals surface area contributed by atoms with Crippen LogP contribution in [0.5, 0.6) is 0 Å². The molecule has 3 nitrogen and oxygen atoms in total. The van der Waals surface area contributed by atoms with E-state index in [4.69, 9.17) is 18.0 Å². The number of nitrogens with two attached hydrogens (primary N) is 1. The number of carbonyl (C=O) groups is 1. The molecular weight excluding hydrogens is 355 g/mol. The van der Waals surface area contributed by atoms with Gasteiger partial charge in [0.05, 0.1) is 19.5 Å². The van der Waals surface area contributed by atoms with E-state index in [1.54, 1.807) is 11.3 Å². The maximum Gasteiger partial charge on any atom is 0.252 e. The van der Waals surface area contributed by atoms with Gasteiger partial charge in [-0.2, -0.15) is 0 Å². The second-order valence-electron chi connectivity index (χ2n) is 3.36. The van der Waals surface area contributed by atoms with Gasteiger partial charge in [-0.25, -0.2) is 0 Å². The summed E-state index contributed by atoms with van der Waals surface area (Å²) < 4.78 is 1.09. The van der Waals surface area contributed by atoms with Crippen LogP contribution in [0.25, 0.3) is 0 Å². The smallest absolute Gasteiger partial charge is 0.252 e. The molecule has 0 aliphatic rings. The molecule has 0 aromatic carbocycles. The average molecular weight is 368 g/mol. The molecule has 0 saturated heterocycles. The number of hydrogen-bond acceptors (Lipinski definition) is 3. The molecule has 1 unspecified atom stereocenters. The van der Waals surface area contributed by atoms with Crippen molar-refractivity contribution in [3.8, 4) is 0 Å². The maximum atomic E-state index is 11.8. The molecule has 0 bridgehead atoms. The molecule has 1 heterocycles. The van der Waals surface area contributed by atoms with E-state index in [-0.39, 0.29) is 11.9 Å². The van der Waals surface area contributed by atoms with E-state index in [1.807, 2.05) is 18.4 Å². The molecule has 3 N–H and O–H groups in total. The van der Waals surface area contributed by atoms with Gasteiger partial charge in [0.25, 0.3) is 5.91 Å². The van der Waals surface area contributed by atoms with Gasteiger partial charge in [0.2, 0.25) is 0 Å². The fourth-order valence-electron chi connectivity index (χ4n) is 1.24. The van der Waals surface area contributed by atoms with E-state index in [1.165, 1.54) is 0 Å². The van der Waals surface area contributed by atoms with Crippen molar-refractivity contribution in [3.05, 3.63) is 19.9 Å². The number of nitrogens with one attached hydrogen (secondary N) is 1. The first-order chi connectivity index (χ1) is 7.54. The lowest BCUT2D eigenvalue weighted by molar-refractivity contribution is 0.0946. The van der Waals surface area contributed by atoms with Crippen molar-refractivity contribution >= 4 is 57.0 Å². The predicted molar refractivity (Wildman–Crippen MR) is 80.0 cm³/mol. The Labute approximate surface area is 118 Å². The first kappa shape index (κ1) is 13.9. The highest BCUT2D eigenvalue weighted by molar-refractivity contribution is 14.1. The third kappa shape index (κ3) is 3.99. The number of hydrogen-bond donors (Lipinski definition) is 2. The molecule has 1 aromatic rings. The first-order valence-electron chi connectivity index (χ1n) is 4.88. The van der Waals surface area contributed by atoms with Crippen molar-refractivity contribution in [2.75, 3.05) is 0 Å². The Hall–Kier alpha value is -0.210. The quantitative estimate of drug-likeness (QED) is 0.621. The molecule has 0 aliphatic heterocycles. The summed E-state index contributed by atoms with van der Waals surface area (Å²) in [5.74, 6) is -0.106. The summed E-state index contributed by atoms with van der Waals surface area (Å²) in [7, 11) is 0. The van der Waals surface area contributed by atoms with Crippen molar-refractivity contribution in [1.29, 1.82) is 0 Å². The third-order valence-corrected chi connectivity index (χ3v) is 4.13. The molecule has 1 atom stereocenters. The standard InChI is InChI=1S/C10H13IN2OS2/c1-2-3-7(9(12)15)13-10(14)6-4-8(11)16-5-6/h4-5,7H,2-3H2,1H3,(H2,12,15)(H,13,14). The maximum absolute atomic E-state index is 11.8. The molecule has 0 aliphatic carbocycles. The lowest BCUT2D eigenvalue weighted by atomic mass is 10.1.